The molecule has 2 aliphatic carbocycles. The lowest BCUT2D eigenvalue weighted by Crippen LogP contribution is -2.66. The molecule has 29 heavy (non-hydrogen) atoms. The highest BCUT2D eigenvalue weighted by Crippen LogP contribution is 2.62. The molecule has 1 fully saturated rings. The lowest BCUT2D eigenvalue weighted by atomic mass is 9.53. The lowest BCUT2D eigenvalue weighted by molar-refractivity contribution is -0.120. The second-order valence-corrected chi connectivity index (χ2v) is 9.16. The average Bonchev–Trinajstić information content (AvgIpc) is 3.02. The van der Waals surface area contributed by atoms with Gasteiger partial charge in [0.05, 0.1) is 11.7 Å². The Morgan fingerprint density at radius 2 is 2.17 bits per heavy atom. The zero-order valence-corrected chi connectivity index (χ0v) is 17.7. The molecule has 154 valence electrons. The largest absolute Gasteiger partial charge is 0.484 e. The molecule has 4 aliphatic rings. The lowest BCUT2D eigenvalue weighted by Gasteiger charge is -2.57. The molecular formula is C22H27N3O3S. The predicted octanol–water partition coefficient (Wildman–Crippen LogP) is 1.89. The number of nitrogens with zero attached hydrogens (tertiary/aromatic N) is 1. The molecule has 1 saturated heterocycles. The van der Waals surface area contributed by atoms with Gasteiger partial charge >= 0.3 is 0 Å². The van der Waals surface area contributed by atoms with Gasteiger partial charge in [-0.1, -0.05) is 18.2 Å². The Hall–Kier alpha value is -1.99. The third-order valence-corrected chi connectivity index (χ3v) is 7.40. The average molecular weight is 414 g/mol. The number of piperidine rings is 1. The van der Waals surface area contributed by atoms with Crippen LogP contribution >= 0.6 is 12.6 Å². The van der Waals surface area contributed by atoms with Gasteiger partial charge in [0.25, 0.3) is 0 Å². The van der Waals surface area contributed by atoms with Gasteiger partial charge < -0.3 is 20.3 Å². The highest BCUT2D eigenvalue weighted by molar-refractivity contribution is 7.80. The highest BCUT2D eigenvalue weighted by Gasteiger charge is 2.64. The van der Waals surface area contributed by atoms with Crippen molar-refractivity contribution < 1.29 is 14.3 Å². The van der Waals surface area contributed by atoms with E-state index in [9.17, 15) is 9.59 Å². The Morgan fingerprint density at radius 1 is 1.34 bits per heavy atom. The number of carbonyl (C=O) groups excluding carboxylic acids is 2. The fourth-order valence-corrected chi connectivity index (χ4v) is 6.25. The molecule has 2 bridgehead atoms. The Morgan fingerprint density at radius 3 is 2.93 bits per heavy atom. The highest BCUT2D eigenvalue weighted by atomic mass is 32.1. The maximum atomic E-state index is 12.3. The third kappa shape index (κ3) is 2.66. The van der Waals surface area contributed by atoms with Crippen molar-refractivity contribution in [1.82, 2.24) is 10.2 Å². The molecule has 2 amide bonds. The molecule has 1 spiro atoms. The van der Waals surface area contributed by atoms with Gasteiger partial charge in [0.1, 0.15) is 11.9 Å². The van der Waals surface area contributed by atoms with Gasteiger partial charge in [-0.3, -0.25) is 9.59 Å². The summed E-state index contributed by atoms with van der Waals surface area (Å²) in [6, 6.07) is 4.37. The molecule has 1 aromatic rings. The van der Waals surface area contributed by atoms with Crippen LogP contribution in [0.3, 0.4) is 0 Å². The van der Waals surface area contributed by atoms with E-state index in [1.54, 1.807) is 6.92 Å². The molecular weight excluding hydrogens is 386 g/mol. The van der Waals surface area contributed by atoms with Crippen molar-refractivity contribution in [2.24, 2.45) is 5.92 Å². The van der Waals surface area contributed by atoms with Crippen LogP contribution in [0.15, 0.2) is 24.3 Å². The Balaban J connectivity index is 1.65. The first-order chi connectivity index (χ1) is 14.0. The summed E-state index contributed by atoms with van der Waals surface area (Å²) >= 11 is 4.16. The number of carbonyl (C=O) groups is 2. The van der Waals surface area contributed by atoms with Crippen LogP contribution in [-0.2, 0) is 21.4 Å². The number of anilines is 1. The van der Waals surface area contributed by atoms with E-state index in [-0.39, 0.29) is 29.4 Å². The summed E-state index contributed by atoms with van der Waals surface area (Å²) in [5.74, 6) is 1.53. The monoisotopic (exact) mass is 413 g/mol. The van der Waals surface area contributed by atoms with E-state index >= 15 is 0 Å². The molecule has 0 aromatic heterocycles. The summed E-state index contributed by atoms with van der Waals surface area (Å²) in [6.45, 7) is 2.54. The maximum Gasteiger partial charge on any atom is 0.225 e. The van der Waals surface area contributed by atoms with E-state index in [4.69, 9.17) is 4.74 Å². The number of thiol groups is 1. The number of nitrogens with one attached hydrogen (secondary N) is 2. The van der Waals surface area contributed by atoms with Crippen molar-refractivity contribution in [3.05, 3.63) is 35.4 Å². The van der Waals surface area contributed by atoms with Gasteiger partial charge in [-0.15, -0.1) is 0 Å². The first-order valence-electron chi connectivity index (χ1n) is 10.3. The minimum Gasteiger partial charge on any atom is -0.484 e. The van der Waals surface area contributed by atoms with Crippen molar-refractivity contribution in [1.29, 1.82) is 0 Å². The van der Waals surface area contributed by atoms with Crippen molar-refractivity contribution >= 4 is 30.1 Å². The summed E-state index contributed by atoms with van der Waals surface area (Å²) in [7, 11) is 2.20. The van der Waals surface area contributed by atoms with E-state index in [0.29, 0.717) is 24.1 Å². The minimum absolute atomic E-state index is 0.0580. The third-order valence-electron chi connectivity index (χ3n) is 7.18. The number of likely N-dealkylation sites (tertiary alicyclic amines) is 1. The predicted molar refractivity (Wildman–Crippen MR) is 115 cm³/mol. The van der Waals surface area contributed by atoms with Crippen molar-refractivity contribution in [2.75, 3.05) is 24.7 Å². The Bertz CT molecular complexity index is 917. The molecule has 5 atom stereocenters. The summed E-state index contributed by atoms with van der Waals surface area (Å²) in [5.41, 5.74) is 3.13. The van der Waals surface area contributed by atoms with Crippen LogP contribution in [0.2, 0.25) is 0 Å². The summed E-state index contributed by atoms with van der Waals surface area (Å²) < 4.78 is 6.62. The fourth-order valence-electron chi connectivity index (χ4n) is 6.05. The summed E-state index contributed by atoms with van der Waals surface area (Å²) in [4.78, 5) is 26.6. The first kappa shape index (κ1) is 19.0. The van der Waals surface area contributed by atoms with Crippen molar-refractivity contribution in [3.8, 4) is 5.75 Å². The van der Waals surface area contributed by atoms with Crippen LogP contribution in [0.5, 0.6) is 5.75 Å². The van der Waals surface area contributed by atoms with E-state index in [0.717, 1.165) is 30.8 Å². The van der Waals surface area contributed by atoms with Gasteiger partial charge in [0, 0.05) is 36.3 Å². The molecule has 2 heterocycles. The molecule has 2 aliphatic heterocycles. The zero-order chi connectivity index (χ0) is 20.3. The number of benzene rings is 1. The first-order valence-corrected chi connectivity index (χ1v) is 11.0. The molecule has 5 rings (SSSR count). The molecule has 1 aromatic carbocycles. The van der Waals surface area contributed by atoms with Crippen molar-refractivity contribution in [3.63, 3.8) is 0 Å². The number of likely N-dealkylation sites (N-methyl/N-ethyl adjacent to an activating group) is 1. The molecule has 6 nitrogen and oxygen atoms in total. The van der Waals surface area contributed by atoms with E-state index in [1.807, 2.05) is 6.07 Å². The molecule has 7 heteroatoms. The molecule has 2 N–H and O–H groups in total. The summed E-state index contributed by atoms with van der Waals surface area (Å²) in [5, 5.41) is 6.10. The number of hydrogen-bond acceptors (Lipinski definition) is 5. The quantitative estimate of drug-likeness (QED) is 0.521. The van der Waals surface area contributed by atoms with Gasteiger partial charge in [-0.05, 0) is 43.8 Å². The number of amides is 2. The topological polar surface area (TPSA) is 70.7 Å². The maximum absolute atomic E-state index is 12.3. The second-order valence-electron chi connectivity index (χ2n) is 8.72. The summed E-state index contributed by atoms with van der Waals surface area (Å²) in [6.07, 6.45) is 6.56. The molecule has 0 unspecified atom stereocenters. The van der Waals surface area contributed by atoms with Crippen LogP contribution in [0.25, 0.3) is 0 Å². The molecule has 0 radical (unpaired) electrons. The molecule has 0 saturated carbocycles. The van der Waals surface area contributed by atoms with Crippen LogP contribution in [-0.4, -0.2) is 54.2 Å². The van der Waals surface area contributed by atoms with Gasteiger partial charge in [-0.25, -0.2) is 0 Å². The van der Waals surface area contributed by atoms with Gasteiger partial charge in [-0.2, -0.15) is 12.6 Å². The number of hydrogen-bond donors (Lipinski definition) is 3. The van der Waals surface area contributed by atoms with E-state index in [1.165, 1.54) is 11.1 Å². The van der Waals surface area contributed by atoms with Gasteiger partial charge in [0.2, 0.25) is 11.8 Å². The normalized spacial score (nSPS) is 33.6. The minimum atomic E-state index is -0.174. The SMILES string of the molecule is CC(=O)N[C@H]1C=C[C@H]2[C@H]3Cc4ccc(NC(=O)CCS)c5c4[C@@]2(CCN3C)[C@H]1O5. The standard InChI is InChI=1S/C22H27N3O3S/c1-12(26)23-16-6-4-14-17-11-13-3-5-15(24-18(27)7-10-29)20-19(13)22(14,21(16)28-20)8-9-25(17)2/h3-6,14,16-17,21,29H,7-11H2,1-2H3,(H,23,26)(H,24,27)/t14-,16-,17+,21-,22-/m0/s1. The smallest absolute Gasteiger partial charge is 0.225 e. The second kappa shape index (κ2) is 6.77. The van der Waals surface area contributed by atoms with Crippen LogP contribution in [0.1, 0.15) is 30.9 Å². The van der Waals surface area contributed by atoms with Crippen LogP contribution < -0.4 is 15.4 Å². The number of rotatable bonds is 4. The van der Waals surface area contributed by atoms with E-state index < -0.39 is 0 Å². The zero-order valence-electron chi connectivity index (χ0n) is 16.8. The van der Waals surface area contributed by atoms with Crippen LogP contribution in [0, 0.1) is 5.92 Å². The Kier molecular flexibility index (Phi) is 4.44. The Labute approximate surface area is 176 Å². The fraction of sp³-hybridized carbons (Fsp3) is 0.545. The number of ether oxygens (including phenoxy) is 1. The van der Waals surface area contributed by atoms with Crippen LogP contribution in [0.4, 0.5) is 5.69 Å². The van der Waals surface area contributed by atoms with E-state index in [2.05, 4.69) is 53.4 Å². The van der Waals surface area contributed by atoms with Gasteiger partial charge in [0.15, 0.2) is 0 Å². The van der Waals surface area contributed by atoms with Crippen molar-refractivity contribution in [2.45, 2.75) is 49.8 Å².